The van der Waals surface area contributed by atoms with Gasteiger partial charge in [-0.3, -0.25) is 14.6 Å². The van der Waals surface area contributed by atoms with Crippen LogP contribution in [0.25, 0.3) is 0 Å². The van der Waals surface area contributed by atoms with Crippen LogP contribution < -0.4 is 20.1 Å². The summed E-state index contributed by atoms with van der Waals surface area (Å²) in [5.74, 6) is 0.692. The number of carbonyl (C=O) groups is 2. The quantitative estimate of drug-likeness (QED) is 0.477. The summed E-state index contributed by atoms with van der Waals surface area (Å²) in [5, 5.41) is 5.74. The van der Waals surface area contributed by atoms with Crippen LogP contribution in [0.5, 0.6) is 11.5 Å². The summed E-state index contributed by atoms with van der Waals surface area (Å²) < 4.78 is 11.3. The maximum Gasteiger partial charge on any atom is 0.251 e. The van der Waals surface area contributed by atoms with Gasteiger partial charge in [-0.05, 0) is 29.7 Å². The number of nitrogens with one attached hydrogen (secondary N) is 2. The second kappa shape index (κ2) is 11.7. The highest BCUT2D eigenvalue weighted by Crippen LogP contribution is 2.31. The molecule has 0 aliphatic carbocycles. The Kier molecular flexibility index (Phi) is 8.41. The highest BCUT2D eigenvalue weighted by molar-refractivity contribution is 5.98. The summed E-state index contributed by atoms with van der Waals surface area (Å²) >= 11 is 0. The molecule has 2 amide bonds. The van der Waals surface area contributed by atoms with Crippen LogP contribution >= 0.6 is 0 Å². The minimum atomic E-state index is -0.820. The molecule has 0 saturated carbocycles. The zero-order chi connectivity index (χ0) is 23.6. The van der Waals surface area contributed by atoms with Crippen molar-refractivity contribution in [3.8, 4) is 11.5 Å². The summed E-state index contributed by atoms with van der Waals surface area (Å²) in [7, 11) is 1.56. The lowest BCUT2D eigenvalue weighted by Gasteiger charge is -2.20. The van der Waals surface area contributed by atoms with Crippen LogP contribution in [0.1, 0.15) is 37.4 Å². The van der Waals surface area contributed by atoms with Crippen LogP contribution in [0.15, 0.2) is 73.1 Å². The number of ether oxygens (including phenoxy) is 2. The third-order valence-corrected chi connectivity index (χ3v) is 4.84. The maximum absolute atomic E-state index is 13.2. The average molecular weight is 448 g/mol. The highest BCUT2D eigenvalue weighted by Gasteiger charge is 2.23. The summed E-state index contributed by atoms with van der Waals surface area (Å²) in [6, 6.07) is 17.2. The number of anilines is 1. The van der Waals surface area contributed by atoms with Gasteiger partial charge in [-0.2, -0.15) is 0 Å². The van der Waals surface area contributed by atoms with Gasteiger partial charge >= 0.3 is 0 Å². The smallest absolute Gasteiger partial charge is 0.251 e. The molecule has 1 atom stereocenters. The van der Waals surface area contributed by atoms with E-state index in [1.165, 1.54) is 0 Å². The minimum Gasteiger partial charge on any atom is -0.493 e. The number of hydrogen-bond acceptors (Lipinski definition) is 5. The van der Waals surface area contributed by atoms with E-state index < -0.39 is 6.04 Å². The van der Waals surface area contributed by atoms with Gasteiger partial charge in [-0.25, -0.2) is 0 Å². The summed E-state index contributed by atoms with van der Waals surface area (Å²) in [6.07, 6.45) is 3.76. The molecule has 3 aromatic rings. The van der Waals surface area contributed by atoms with Gasteiger partial charge < -0.3 is 20.1 Å². The van der Waals surface area contributed by atoms with Crippen molar-refractivity contribution in [3.05, 3.63) is 84.2 Å². The van der Waals surface area contributed by atoms with E-state index in [4.69, 9.17) is 9.47 Å². The molecule has 2 N–H and O–H groups in total. The van der Waals surface area contributed by atoms with E-state index in [0.29, 0.717) is 35.8 Å². The molecule has 0 radical (unpaired) electrons. The molecule has 0 saturated heterocycles. The van der Waals surface area contributed by atoms with Crippen LogP contribution in [0.3, 0.4) is 0 Å². The Hall–Kier alpha value is -3.87. The largest absolute Gasteiger partial charge is 0.493 e. The first-order valence-corrected chi connectivity index (χ1v) is 10.8. The topological polar surface area (TPSA) is 89.6 Å². The molecule has 0 aliphatic rings. The number of rotatable bonds is 10. The fourth-order valence-electron chi connectivity index (χ4n) is 3.26. The van der Waals surface area contributed by atoms with Crippen molar-refractivity contribution in [2.24, 2.45) is 5.92 Å². The Bertz CT molecular complexity index is 1060. The molecule has 0 spiro atoms. The lowest BCUT2D eigenvalue weighted by molar-refractivity contribution is -0.127. The molecule has 33 heavy (non-hydrogen) atoms. The van der Waals surface area contributed by atoms with Gasteiger partial charge in [0.1, 0.15) is 12.6 Å². The normalized spacial score (nSPS) is 11.5. The number of benzene rings is 2. The number of pyridine rings is 1. The fraction of sp³-hybridized carbons (Fsp3) is 0.269. The SMILES string of the molecule is COc1ccc(NC(=O)C(NC(=O)CC(C)C)c2ccccc2)cc1OCc1cccnc1. The standard InChI is InChI=1S/C26H29N3O4/c1-18(2)14-24(30)29-25(20-9-5-4-6-10-20)26(31)28-21-11-12-22(32-3)23(15-21)33-17-19-8-7-13-27-16-19/h4-13,15-16,18,25H,14,17H2,1-3H3,(H,28,31)(H,29,30). The lowest BCUT2D eigenvalue weighted by atomic mass is 10.0. The Morgan fingerprint density at radius 3 is 2.45 bits per heavy atom. The second-order valence-corrected chi connectivity index (χ2v) is 8.01. The number of nitrogens with zero attached hydrogens (tertiary/aromatic N) is 1. The first-order valence-electron chi connectivity index (χ1n) is 10.8. The second-order valence-electron chi connectivity index (χ2n) is 8.01. The Morgan fingerprint density at radius 2 is 1.79 bits per heavy atom. The Labute approximate surface area is 194 Å². The molecular formula is C26H29N3O4. The third kappa shape index (κ3) is 7.07. The molecule has 3 rings (SSSR count). The van der Waals surface area contributed by atoms with Crippen molar-refractivity contribution in [3.63, 3.8) is 0 Å². The molecule has 7 heteroatoms. The van der Waals surface area contributed by atoms with E-state index in [2.05, 4.69) is 15.6 Å². The Balaban J connectivity index is 1.77. The first-order chi connectivity index (χ1) is 16.0. The van der Waals surface area contributed by atoms with Gasteiger partial charge in [0.15, 0.2) is 11.5 Å². The molecule has 1 heterocycles. The van der Waals surface area contributed by atoms with Gasteiger partial charge in [0, 0.05) is 36.1 Å². The third-order valence-electron chi connectivity index (χ3n) is 4.84. The molecule has 7 nitrogen and oxygen atoms in total. The van der Waals surface area contributed by atoms with Crippen molar-refractivity contribution in [2.45, 2.75) is 32.9 Å². The molecule has 172 valence electrons. The Morgan fingerprint density at radius 1 is 1.00 bits per heavy atom. The molecule has 2 aromatic carbocycles. The minimum absolute atomic E-state index is 0.177. The van der Waals surface area contributed by atoms with Crippen LogP contribution in [0.2, 0.25) is 0 Å². The fourth-order valence-corrected chi connectivity index (χ4v) is 3.26. The first kappa shape index (κ1) is 23.8. The summed E-state index contributed by atoms with van der Waals surface area (Å²) in [6.45, 7) is 4.22. The zero-order valence-corrected chi connectivity index (χ0v) is 19.1. The number of carbonyl (C=O) groups excluding carboxylic acids is 2. The van der Waals surface area contributed by atoms with E-state index >= 15 is 0 Å². The van der Waals surface area contributed by atoms with Crippen molar-refractivity contribution >= 4 is 17.5 Å². The lowest BCUT2D eigenvalue weighted by Crippen LogP contribution is -2.37. The maximum atomic E-state index is 13.2. The molecule has 0 aliphatic heterocycles. The monoisotopic (exact) mass is 447 g/mol. The molecular weight excluding hydrogens is 418 g/mol. The highest BCUT2D eigenvalue weighted by atomic mass is 16.5. The van der Waals surface area contributed by atoms with E-state index in [1.807, 2.05) is 56.3 Å². The number of aromatic nitrogens is 1. The van der Waals surface area contributed by atoms with Gasteiger partial charge in [-0.15, -0.1) is 0 Å². The van der Waals surface area contributed by atoms with Crippen LogP contribution in [-0.2, 0) is 16.2 Å². The molecule has 0 fully saturated rings. The molecule has 1 unspecified atom stereocenters. The van der Waals surface area contributed by atoms with Crippen LogP contribution in [-0.4, -0.2) is 23.9 Å². The van der Waals surface area contributed by atoms with Crippen molar-refractivity contribution in [1.29, 1.82) is 0 Å². The summed E-state index contributed by atoms with van der Waals surface area (Å²) in [4.78, 5) is 29.7. The van der Waals surface area contributed by atoms with E-state index in [0.717, 1.165) is 5.56 Å². The van der Waals surface area contributed by atoms with Crippen LogP contribution in [0, 0.1) is 5.92 Å². The van der Waals surface area contributed by atoms with E-state index in [-0.39, 0.29) is 17.7 Å². The number of hydrogen-bond donors (Lipinski definition) is 2. The number of amides is 2. The van der Waals surface area contributed by atoms with Gasteiger partial charge in [0.25, 0.3) is 5.91 Å². The van der Waals surface area contributed by atoms with Crippen LogP contribution in [0.4, 0.5) is 5.69 Å². The molecule has 0 bridgehead atoms. The van der Waals surface area contributed by atoms with Gasteiger partial charge in [0.05, 0.1) is 7.11 Å². The van der Waals surface area contributed by atoms with Crippen molar-refractivity contribution in [1.82, 2.24) is 10.3 Å². The number of methoxy groups -OCH3 is 1. The average Bonchev–Trinajstić information content (AvgIpc) is 2.82. The van der Waals surface area contributed by atoms with Crippen molar-refractivity contribution < 1.29 is 19.1 Å². The van der Waals surface area contributed by atoms with Crippen molar-refractivity contribution in [2.75, 3.05) is 12.4 Å². The van der Waals surface area contributed by atoms with E-state index in [9.17, 15) is 9.59 Å². The predicted molar refractivity (Wildman–Crippen MR) is 127 cm³/mol. The zero-order valence-electron chi connectivity index (χ0n) is 19.1. The van der Waals surface area contributed by atoms with Gasteiger partial charge in [-0.1, -0.05) is 50.2 Å². The predicted octanol–water partition coefficient (Wildman–Crippen LogP) is 4.51. The molecule has 1 aromatic heterocycles. The van der Waals surface area contributed by atoms with Gasteiger partial charge in [0.2, 0.25) is 5.91 Å². The summed E-state index contributed by atoms with van der Waals surface area (Å²) in [5.41, 5.74) is 2.14. The van der Waals surface area contributed by atoms with E-state index in [1.54, 1.807) is 37.7 Å².